The highest BCUT2D eigenvalue weighted by Crippen LogP contribution is 2.32. The Morgan fingerprint density at radius 1 is 1.07 bits per heavy atom. The van der Waals surface area contributed by atoms with Crippen molar-refractivity contribution in [1.82, 2.24) is 4.90 Å². The zero-order valence-corrected chi connectivity index (χ0v) is 17.7. The van der Waals surface area contributed by atoms with Crippen LogP contribution in [0.1, 0.15) is 6.92 Å². The number of nitro benzene ring substituents is 1. The van der Waals surface area contributed by atoms with Gasteiger partial charge in [0.2, 0.25) is 0 Å². The summed E-state index contributed by atoms with van der Waals surface area (Å²) < 4.78 is 5.69. The molecule has 1 fully saturated rings. The normalized spacial score (nSPS) is 15.2. The van der Waals surface area contributed by atoms with E-state index in [4.69, 9.17) is 39.5 Å². The third-order valence-corrected chi connectivity index (χ3v) is 5.38. The molecule has 0 aliphatic carbocycles. The molecule has 1 saturated heterocycles. The minimum absolute atomic E-state index is 0.0497. The zero-order chi connectivity index (χ0) is 21.1. The van der Waals surface area contributed by atoms with Crippen molar-refractivity contribution >= 4 is 52.1 Å². The van der Waals surface area contributed by atoms with Crippen LogP contribution in [0.4, 0.5) is 11.4 Å². The lowest BCUT2D eigenvalue weighted by Crippen LogP contribution is -2.52. The van der Waals surface area contributed by atoms with Gasteiger partial charge in [0.05, 0.1) is 9.95 Å². The van der Waals surface area contributed by atoms with Crippen LogP contribution in [0, 0.1) is 10.1 Å². The number of piperazine rings is 1. The van der Waals surface area contributed by atoms with Gasteiger partial charge in [0.25, 0.3) is 11.6 Å². The topological polar surface area (TPSA) is 75.9 Å². The molecule has 1 aliphatic heterocycles. The van der Waals surface area contributed by atoms with Gasteiger partial charge in [0, 0.05) is 42.3 Å². The highest BCUT2D eigenvalue weighted by molar-refractivity contribution is 6.35. The predicted molar refractivity (Wildman–Crippen MR) is 113 cm³/mol. The van der Waals surface area contributed by atoms with Gasteiger partial charge in [-0.15, -0.1) is 0 Å². The molecule has 3 rings (SSSR count). The van der Waals surface area contributed by atoms with E-state index in [0.717, 1.165) is 0 Å². The molecule has 1 aliphatic rings. The molecule has 0 bridgehead atoms. The van der Waals surface area contributed by atoms with Crippen molar-refractivity contribution in [2.75, 3.05) is 31.1 Å². The number of amides is 1. The van der Waals surface area contributed by atoms with Crippen LogP contribution in [0.2, 0.25) is 15.1 Å². The first kappa shape index (κ1) is 21.5. The van der Waals surface area contributed by atoms with Crippen LogP contribution in [0.15, 0.2) is 36.4 Å². The Kier molecular flexibility index (Phi) is 6.72. The molecule has 10 heteroatoms. The first-order valence-electron chi connectivity index (χ1n) is 8.85. The maximum atomic E-state index is 12.7. The van der Waals surface area contributed by atoms with Gasteiger partial charge < -0.3 is 14.5 Å². The Balaban J connectivity index is 1.63. The van der Waals surface area contributed by atoms with E-state index in [-0.39, 0.29) is 11.6 Å². The van der Waals surface area contributed by atoms with Crippen molar-refractivity contribution in [3.05, 3.63) is 61.6 Å². The van der Waals surface area contributed by atoms with Crippen molar-refractivity contribution in [3.8, 4) is 5.75 Å². The second-order valence-corrected chi connectivity index (χ2v) is 7.82. The van der Waals surface area contributed by atoms with Crippen molar-refractivity contribution in [3.63, 3.8) is 0 Å². The Morgan fingerprint density at radius 3 is 2.31 bits per heavy atom. The lowest BCUT2D eigenvalue weighted by molar-refractivity contribution is -0.384. The molecule has 0 radical (unpaired) electrons. The van der Waals surface area contributed by atoms with Crippen molar-refractivity contribution in [2.45, 2.75) is 13.0 Å². The second kappa shape index (κ2) is 9.07. The van der Waals surface area contributed by atoms with Crippen molar-refractivity contribution in [2.24, 2.45) is 0 Å². The number of benzene rings is 2. The van der Waals surface area contributed by atoms with Gasteiger partial charge in [-0.25, -0.2) is 0 Å². The number of halogens is 3. The molecule has 0 spiro atoms. The highest BCUT2D eigenvalue weighted by atomic mass is 35.5. The Labute approximate surface area is 182 Å². The molecule has 0 N–H and O–H groups in total. The van der Waals surface area contributed by atoms with Crippen molar-refractivity contribution < 1.29 is 14.5 Å². The minimum Gasteiger partial charge on any atom is -0.479 e. The third kappa shape index (κ3) is 5.04. The van der Waals surface area contributed by atoms with Gasteiger partial charge in [-0.3, -0.25) is 14.9 Å². The van der Waals surface area contributed by atoms with E-state index in [0.29, 0.717) is 52.7 Å². The fraction of sp³-hybridized carbons (Fsp3) is 0.316. The molecule has 2 aromatic rings. The molecule has 1 unspecified atom stereocenters. The Morgan fingerprint density at radius 2 is 1.69 bits per heavy atom. The zero-order valence-electron chi connectivity index (χ0n) is 15.5. The van der Waals surface area contributed by atoms with Crippen LogP contribution < -0.4 is 9.64 Å². The number of ether oxygens (including phenoxy) is 1. The van der Waals surface area contributed by atoms with E-state index < -0.39 is 11.0 Å². The van der Waals surface area contributed by atoms with E-state index >= 15 is 0 Å². The van der Waals surface area contributed by atoms with Crippen LogP contribution in [0.5, 0.6) is 5.75 Å². The maximum absolute atomic E-state index is 12.7. The van der Waals surface area contributed by atoms with Crippen molar-refractivity contribution in [1.29, 1.82) is 0 Å². The molecule has 1 amide bonds. The molecule has 1 atom stereocenters. The average molecular weight is 459 g/mol. The van der Waals surface area contributed by atoms with Gasteiger partial charge in [-0.05, 0) is 37.3 Å². The molecule has 154 valence electrons. The summed E-state index contributed by atoms with van der Waals surface area (Å²) in [6, 6.07) is 9.39. The number of hydrogen-bond donors (Lipinski definition) is 0. The molecular formula is C19H18Cl3N3O4. The number of carbonyl (C=O) groups excluding carboxylic acids is 1. The SMILES string of the molecule is CC(Oc1ccc(Cl)cc1Cl)C(=O)N1CCN(c2ccc(Cl)cc2[N+](=O)[O-])CC1. The summed E-state index contributed by atoms with van der Waals surface area (Å²) in [6.07, 6.45) is -0.731. The quantitative estimate of drug-likeness (QED) is 0.481. The summed E-state index contributed by atoms with van der Waals surface area (Å²) in [7, 11) is 0. The van der Waals surface area contributed by atoms with E-state index in [9.17, 15) is 14.9 Å². The predicted octanol–water partition coefficient (Wildman–Crippen LogP) is 4.67. The summed E-state index contributed by atoms with van der Waals surface area (Å²) >= 11 is 17.8. The van der Waals surface area contributed by atoms with Crippen LogP contribution in [0.25, 0.3) is 0 Å². The van der Waals surface area contributed by atoms with Gasteiger partial charge in [0.15, 0.2) is 6.10 Å². The average Bonchev–Trinajstić information content (AvgIpc) is 2.69. The summed E-state index contributed by atoms with van der Waals surface area (Å²) in [4.78, 5) is 27.1. The monoisotopic (exact) mass is 457 g/mol. The molecule has 2 aromatic carbocycles. The van der Waals surface area contributed by atoms with Crippen LogP contribution in [0.3, 0.4) is 0 Å². The second-order valence-electron chi connectivity index (χ2n) is 6.54. The first-order valence-corrected chi connectivity index (χ1v) is 9.99. The lowest BCUT2D eigenvalue weighted by atomic mass is 10.2. The lowest BCUT2D eigenvalue weighted by Gasteiger charge is -2.36. The van der Waals surface area contributed by atoms with Gasteiger partial charge in [0.1, 0.15) is 11.4 Å². The first-order chi connectivity index (χ1) is 13.8. The number of carbonyl (C=O) groups is 1. The smallest absolute Gasteiger partial charge is 0.294 e. The van der Waals surface area contributed by atoms with Crippen LogP contribution in [-0.2, 0) is 4.79 Å². The number of nitro groups is 1. The highest BCUT2D eigenvalue weighted by Gasteiger charge is 2.29. The summed E-state index contributed by atoms with van der Waals surface area (Å²) in [5.41, 5.74) is 0.440. The fourth-order valence-corrected chi connectivity index (χ4v) is 3.77. The number of hydrogen-bond acceptors (Lipinski definition) is 5. The molecule has 29 heavy (non-hydrogen) atoms. The van der Waals surface area contributed by atoms with E-state index in [1.54, 1.807) is 42.2 Å². The van der Waals surface area contributed by atoms with Crippen LogP contribution >= 0.6 is 34.8 Å². The Bertz CT molecular complexity index is 933. The van der Waals surface area contributed by atoms with Crippen LogP contribution in [-0.4, -0.2) is 48.0 Å². The number of nitrogens with zero attached hydrogens (tertiary/aromatic N) is 3. The standard InChI is InChI=1S/C19H18Cl3N3O4/c1-12(29-18-5-3-13(20)10-15(18)22)19(26)24-8-6-23(7-9-24)16-4-2-14(21)11-17(16)25(27)28/h2-5,10-12H,6-9H2,1H3. The fourth-order valence-electron chi connectivity index (χ4n) is 3.15. The van der Waals surface area contributed by atoms with E-state index in [2.05, 4.69) is 0 Å². The van der Waals surface area contributed by atoms with Gasteiger partial charge >= 0.3 is 0 Å². The molecular weight excluding hydrogens is 441 g/mol. The number of anilines is 1. The molecule has 7 nitrogen and oxygen atoms in total. The summed E-state index contributed by atoms with van der Waals surface area (Å²) in [6.45, 7) is 3.41. The molecule has 1 heterocycles. The van der Waals surface area contributed by atoms with Gasteiger partial charge in [-0.2, -0.15) is 0 Å². The summed E-state index contributed by atoms with van der Waals surface area (Å²) in [5, 5.41) is 12.4. The van der Waals surface area contributed by atoms with E-state index in [1.807, 2.05) is 4.90 Å². The van der Waals surface area contributed by atoms with Gasteiger partial charge in [-0.1, -0.05) is 34.8 Å². The summed E-state index contributed by atoms with van der Waals surface area (Å²) in [5.74, 6) is 0.202. The van der Waals surface area contributed by atoms with E-state index in [1.165, 1.54) is 6.07 Å². The molecule has 0 aromatic heterocycles. The molecule has 0 saturated carbocycles. The largest absolute Gasteiger partial charge is 0.479 e. The third-order valence-electron chi connectivity index (χ3n) is 4.61. The number of rotatable bonds is 5. The minimum atomic E-state index is -0.731. The Hall–Kier alpha value is -2.22. The maximum Gasteiger partial charge on any atom is 0.294 e.